The summed E-state index contributed by atoms with van der Waals surface area (Å²) in [5.41, 5.74) is 5.67. The van der Waals surface area contributed by atoms with Crippen molar-refractivity contribution in [3.63, 3.8) is 0 Å². The Labute approximate surface area is 224 Å². The number of carboxylic acid groups (broad SMARTS) is 1. The Morgan fingerprint density at radius 1 is 1.13 bits per heavy atom. The molecule has 200 valence electrons. The van der Waals surface area contributed by atoms with E-state index in [1.54, 1.807) is 6.08 Å². The molecule has 1 atom stereocenters. The van der Waals surface area contributed by atoms with Gasteiger partial charge in [0.25, 0.3) is 0 Å². The lowest BCUT2D eigenvalue weighted by molar-refractivity contribution is -0.131. The molecule has 2 aliphatic rings. The topological polar surface area (TPSA) is 100 Å². The molecule has 7 nitrogen and oxygen atoms in total. The molecule has 0 spiro atoms. The Morgan fingerprint density at radius 2 is 1.87 bits per heavy atom. The van der Waals surface area contributed by atoms with E-state index in [9.17, 15) is 14.1 Å². The molecular formula is C30H33NO6S. The lowest BCUT2D eigenvalue weighted by Crippen LogP contribution is -2.32. The summed E-state index contributed by atoms with van der Waals surface area (Å²) in [7, 11) is -2.88. The van der Waals surface area contributed by atoms with E-state index in [0.29, 0.717) is 36.2 Å². The van der Waals surface area contributed by atoms with Crippen molar-refractivity contribution in [1.82, 2.24) is 0 Å². The Bertz CT molecular complexity index is 1340. The second-order valence-electron chi connectivity index (χ2n) is 10.1. The molecule has 3 aromatic rings. The molecule has 1 aromatic heterocycles. The van der Waals surface area contributed by atoms with Crippen molar-refractivity contribution in [2.24, 2.45) is 5.92 Å². The van der Waals surface area contributed by atoms with Gasteiger partial charge in [0.1, 0.15) is 23.9 Å². The first-order chi connectivity index (χ1) is 18.3. The van der Waals surface area contributed by atoms with Crippen LogP contribution in [0.15, 0.2) is 59.0 Å². The summed E-state index contributed by atoms with van der Waals surface area (Å²) in [4.78, 5) is 23.3. The molecule has 8 heteroatoms. The second-order valence-corrected chi connectivity index (χ2v) is 12.5. The Hall–Kier alpha value is -3.49. The summed E-state index contributed by atoms with van der Waals surface area (Å²) in [5.74, 6) is 1.56. The van der Waals surface area contributed by atoms with Gasteiger partial charge in [-0.3, -0.25) is 4.79 Å². The van der Waals surface area contributed by atoms with E-state index in [2.05, 4.69) is 12.1 Å². The van der Waals surface area contributed by atoms with Crippen LogP contribution in [0, 0.1) is 12.8 Å². The number of ether oxygens (including phenoxy) is 1. The summed E-state index contributed by atoms with van der Waals surface area (Å²) in [6.45, 7) is 2.74. The van der Waals surface area contributed by atoms with Crippen LogP contribution in [-0.2, 0) is 34.8 Å². The fourth-order valence-electron chi connectivity index (χ4n) is 4.82. The van der Waals surface area contributed by atoms with E-state index in [4.69, 9.17) is 14.3 Å². The zero-order chi connectivity index (χ0) is 26.7. The maximum Gasteiger partial charge on any atom is 0.328 e. The number of carbonyl (C=O) groups is 2. The number of aliphatic carboxylic acids is 1. The SMILES string of the molecule is Cc1ccc(CS(O)(C=O)N(CC2CC2)c2cc3c(cc2OCc2ccc(/C=C/C(=O)O)cc2)CCC3)o1. The number of fused-ring (bicyclic) bond motifs is 1. The van der Waals surface area contributed by atoms with E-state index in [-0.39, 0.29) is 5.75 Å². The number of anilines is 1. The Balaban J connectivity index is 1.45. The van der Waals surface area contributed by atoms with Gasteiger partial charge in [0.2, 0.25) is 0 Å². The van der Waals surface area contributed by atoms with Crippen molar-refractivity contribution in [1.29, 1.82) is 0 Å². The molecule has 2 aromatic carbocycles. The summed E-state index contributed by atoms with van der Waals surface area (Å²) in [6.07, 6.45) is 7.83. The first-order valence-electron chi connectivity index (χ1n) is 12.9. The third-order valence-corrected chi connectivity index (χ3v) is 9.17. The van der Waals surface area contributed by atoms with Crippen molar-refractivity contribution in [2.75, 3.05) is 10.8 Å². The number of aryl methyl sites for hydroxylation is 3. The average molecular weight is 536 g/mol. The van der Waals surface area contributed by atoms with Crippen LogP contribution >= 0.6 is 10.5 Å². The zero-order valence-corrected chi connectivity index (χ0v) is 22.3. The summed E-state index contributed by atoms with van der Waals surface area (Å²) < 4.78 is 25.8. The Morgan fingerprint density at radius 3 is 2.50 bits per heavy atom. The zero-order valence-electron chi connectivity index (χ0n) is 21.5. The van der Waals surface area contributed by atoms with Gasteiger partial charge in [-0.2, -0.15) is 0 Å². The monoisotopic (exact) mass is 535 g/mol. The molecule has 0 aliphatic heterocycles. The van der Waals surface area contributed by atoms with E-state index in [1.165, 1.54) is 11.1 Å². The molecule has 5 rings (SSSR count). The third-order valence-electron chi connectivity index (χ3n) is 7.04. The number of hydrogen-bond acceptors (Lipinski definition) is 6. The van der Waals surface area contributed by atoms with E-state index in [0.717, 1.165) is 60.8 Å². The number of rotatable bonds is 12. The molecule has 0 saturated heterocycles. The molecule has 0 bridgehead atoms. The smallest absolute Gasteiger partial charge is 0.328 e. The molecule has 1 heterocycles. The number of furan rings is 1. The predicted octanol–water partition coefficient (Wildman–Crippen LogP) is 6.55. The van der Waals surface area contributed by atoms with Gasteiger partial charge >= 0.3 is 5.97 Å². The fraction of sp³-hybridized carbons (Fsp3) is 0.333. The van der Waals surface area contributed by atoms with Crippen LogP contribution in [0.25, 0.3) is 6.08 Å². The largest absolute Gasteiger partial charge is 0.487 e. The van der Waals surface area contributed by atoms with Gasteiger partial charge in [-0.1, -0.05) is 24.3 Å². The maximum atomic E-state index is 12.5. The standard InChI is InChI=1S/C30H33NO6S/c1-21-5-13-27(37-21)19-38(35,20-32)31(17-23-8-9-23)28-15-25-3-2-4-26(25)16-29(28)36-18-24-10-6-22(7-11-24)12-14-30(33)34/h5-7,10-16,20,23,35H,2-4,8-9,17-19H2,1H3,(H,33,34)/b14-12+. The van der Waals surface area contributed by atoms with E-state index in [1.807, 2.05) is 47.6 Å². The van der Waals surface area contributed by atoms with Gasteiger partial charge in [0.15, 0.2) is 5.62 Å². The molecule has 1 fully saturated rings. The first-order valence-corrected chi connectivity index (χ1v) is 14.7. The van der Waals surface area contributed by atoms with Crippen molar-refractivity contribution < 1.29 is 28.4 Å². The first kappa shape index (κ1) is 26.1. The highest BCUT2D eigenvalue weighted by atomic mass is 32.3. The minimum Gasteiger partial charge on any atom is -0.487 e. The quantitative estimate of drug-likeness (QED) is 0.200. The highest BCUT2D eigenvalue weighted by molar-refractivity contribution is 8.40. The number of benzene rings is 2. The second kappa shape index (κ2) is 11.1. The lowest BCUT2D eigenvalue weighted by atomic mass is 10.1. The third kappa shape index (κ3) is 6.14. The van der Waals surface area contributed by atoms with Crippen molar-refractivity contribution in [3.05, 3.63) is 88.4 Å². The molecule has 38 heavy (non-hydrogen) atoms. The average Bonchev–Trinajstić information content (AvgIpc) is 3.47. The fourth-order valence-corrected chi connectivity index (χ4v) is 6.68. The van der Waals surface area contributed by atoms with Gasteiger partial charge in [-0.15, -0.1) is 0 Å². The van der Waals surface area contributed by atoms with Crippen LogP contribution < -0.4 is 9.04 Å². The molecule has 2 N–H and O–H groups in total. The van der Waals surface area contributed by atoms with Crippen LogP contribution in [0.5, 0.6) is 5.75 Å². The van der Waals surface area contributed by atoms with Crippen LogP contribution in [0.1, 0.15) is 53.0 Å². The van der Waals surface area contributed by atoms with Crippen molar-refractivity contribution >= 4 is 33.8 Å². The van der Waals surface area contributed by atoms with Gasteiger partial charge in [0, 0.05) is 23.1 Å². The Kier molecular flexibility index (Phi) is 7.63. The van der Waals surface area contributed by atoms with Crippen LogP contribution in [0.2, 0.25) is 0 Å². The van der Waals surface area contributed by atoms with Gasteiger partial charge < -0.3 is 23.1 Å². The number of hydrogen-bond donors (Lipinski definition) is 2. The highest BCUT2D eigenvalue weighted by Crippen LogP contribution is 2.55. The lowest BCUT2D eigenvalue weighted by Gasteiger charge is -2.41. The van der Waals surface area contributed by atoms with E-state index >= 15 is 0 Å². The molecule has 0 amide bonds. The van der Waals surface area contributed by atoms with E-state index < -0.39 is 16.5 Å². The van der Waals surface area contributed by atoms with Gasteiger partial charge in [-0.25, -0.2) is 4.79 Å². The summed E-state index contributed by atoms with van der Waals surface area (Å²) >= 11 is 0. The van der Waals surface area contributed by atoms with Crippen LogP contribution in [-0.4, -0.2) is 27.8 Å². The van der Waals surface area contributed by atoms with Crippen molar-refractivity contribution in [3.8, 4) is 5.75 Å². The van der Waals surface area contributed by atoms with Crippen LogP contribution in [0.4, 0.5) is 5.69 Å². The number of nitrogens with zero attached hydrogens (tertiary/aromatic N) is 1. The minimum atomic E-state index is -2.88. The normalized spacial score (nSPS) is 17.1. The number of carbonyl (C=O) groups excluding carboxylic acids is 1. The molecule has 1 saturated carbocycles. The molecule has 1 unspecified atom stereocenters. The number of carboxylic acids is 1. The minimum absolute atomic E-state index is 0.124. The molecular weight excluding hydrogens is 502 g/mol. The van der Waals surface area contributed by atoms with Crippen molar-refractivity contribution in [2.45, 2.75) is 51.4 Å². The predicted molar refractivity (Wildman–Crippen MR) is 150 cm³/mol. The molecule has 0 radical (unpaired) electrons. The maximum absolute atomic E-state index is 12.5. The van der Waals surface area contributed by atoms with Gasteiger partial charge in [-0.05, 0) is 97.5 Å². The summed E-state index contributed by atoms with van der Waals surface area (Å²) in [6, 6.07) is 15.4. The van der Waals surface area contributed by atoms with Crippen LogP contribution in [0.3, 0.4) is 0 Å². The molecule has 2 aliphatic carbocycles. The summed E-state index contributed by atoms with van der Waals surface area (Å²) in [5, 5.41) is 8.84. The highest BCUT2D eigenvalue weighted by Gasteiger charge is 2.37. The van der Waals surface area contributed by atoms with Gasteiger partial charge in [0.05, 0.1) is 11.4 Å².